The summed E-state index contributed by atoms with van der Waals surface area (Å²) in [5.74, 6) is 0.647. The Morgan fingerprint density at radius 3 is 2.72 bits per heavy atom. The van der Waals surface area contributed by atoms with Crippen molar-refractivity contribution in [3.8, 4) is 17.0 Å². The molecule has 3 N–H and O–H groups in total. The highest BCUT2D eigenvalue weighted by Crippen LogP contribution is 2.31. The Hall–Kier alpha value is -1.67. The van der Waals surface area contributed by atoms with E-state index in [0.717, 1.165) is 28.3 Å². The summed E-state index contributed by atoms with van der Waals surface area (Å²) in [6.07, 6.45) is 1.06. The van der Waals surface area contributed by atoms with Gasteiger partial charge in [-0.2, -0.15) is 0 Å². The molecule has 1 aromatic heterocycles. The van der Waals surface area contributed by atoms with Gasteiger partial charge in [0.05, 0.1) is 18.9 Å². The molecule has 8 heteroatoms. The average molecular weight is 384 g/mol. The normalized spacial score (nSPS) is 19.3. The number of hydrogen-bond donors (Lipinski definition) is 2. The van der Waals surface area contributed by atoms with Crippen molar-refractivity contribution >= 4 is 34.8 Å². The second-order valence-corrected chi connectivity index (χ2v) is 6.90. The van der Waals surface area contributed by atoms with Crippen LogP contribution in [-0.4, -0.2) is 36.8 Å². The van der Waals surface area contributed by atoms with Gasteiger partial charge in [0.15, 0.2) is 5.13 Å². The summed E-state index contributed by atoms with van der Waals surface area (Å²) in [4.78, 5) is 17.9. The maximum absolute atomic E-state index is 12.3. The number of rotatable bonds is 5. The van der Waals surface area contributed by atoms with Gasteiger partial charge in [-0.25, -0.2) is 4.98 Å². The Labute approximate surface area is 157 Å². The monoisotopic (exact) mass is 383 g/mol. The Morgan fingerprint density at radius 1 is 1.40 bits per heavy atom. The number of anilines is 1. The van der Waals surface area contributed by atoms with Gasteiger partial charge in [0.1, 0.15) is 11.9 Å². The minimum Gasteiger partial charge on any atom is -0.497 e. The van der Waals surface area contributed by atoms with E-state index in [1.807, 2.05) is 31.2 Å². The summed E-state index contributed by atoms with van der Waals surface area (Å²) in [7, 11) is 1.64. The summed E-state index contributed by atoms with van der Waals surface area (Å²) >= 11 is 1.46. The Bertz CT molecular complexity index is 720. The van der Waals surface area contributed by atoms with Crippen LogP contribution in [0.5, 0.6) is 5.75 Å². The molecule has 1 aliphatic heterocycles. The minimum absolute atomic E-state index is 0. The van der Waals surface area contributed by atoms with Gasteiger partial charge in [-0.1, -0.05) is 0 Å². The fourth-order valence-electron chi connectivity index (χ4n) is 2.72. The summed E-state index contributed by atoms with van der Waals surface area (Å²) in [5.41, 5.74) is 7.44. The number of nitrogens with one attached hydrogen (secondary N) is 1. The minimum atomic E-state index is -0.438. The maximum atomic E-state index is 12.3. The lowest BCUT2D eigenvalue weighted by atomic mass is 10.1. The van der Waals surface area contributed by atoms with Crippen LogP contribution in [0.2, 0.25) is 0 Å². The maximum Gasteiger partial charge on any atom is 0.255 e. The summed E-state index contributed by atoms with van der Waals surface area (Å²) < 4.78 is 10.8. The Balaban J connectivity index is 0.00000225. The molecule has 1 aliphatic rings. The Kier molecular flexibility index (Phi) is 6.78. The van der Waals surface area contributed by atoms with Crippen molar-refractivity contribution in [3.63, 3.8) is 0 Å². The zero-order valence-corrected chi connectivity index (χ0v) is 15.8. The van der Waals surface area contributed by atoms with Crippen molar-refractivity contribution in [1.82, 2.24) is 4.98 Å². The highest BCUT2D eigenvalue weighted by molar-refractivity contribution is 7.16. The van der Waals surface area contributed by atoms with Crippen molar-refractivity contribution in [2.24, 2.45) is 5.73 Å². The highest BCUT2D eigenvalue weighted by atomic mass is 35.5. The van der Waals surface area contributed by atoms with Crippen LogP contribution in [0.15, 0.2) is 24.3 Å². The SMILES string of the molecule is COc1ccc(-c2nc(NC(=O)[C@@H]3CC[C@H](CN)O3)sc2C)cc1.Cl. The number of methoxy groups -OCH3 is 1. The molecule has 1 amide bonds. The van der Waals surface area contributed by atoms with Gasteiger partial charge >= 0.3 is 0 Å². The Morgan fingerprint density at radius 2 is 2.12 bits per heavy atom. The number of halogens is 1. The second-order valence-electron chi connectivity index (χ2n) is 5.70. The van der Waals surface area contributed by atoms with E-state index in [9.17, 15) is 4.79 Å². The lowest BCUT2D eigenvalue weighted by molar-refractivity contribution is -0.126. The van der Waals surface area contributed by atoms with E-state index >= 15 is 0 Å². The molecule has 0 bridgehead atoms. The summed E-state index contributed by atoms with van der Waals surface area (Å²) in [6, 6.07) is 7.70. The van der Waals surface area contributed by atoms with Crippen LogP contribution < -0.4 is 15.8 Å². The van der Waals surface area contributed by atoms with Crippen molar-refractivity contribution in [2.45, 2.75) is 32.0 Å². The van der Waals surface area contributed by atoms with Gasteiger partial charge < -0.3 is 15.2 Å². The van der Waals surface area contributed by atoms with Crippen molar-refractivity contribution in [1.29, 1.82) is 0 Å². The first-order valence-corrected chi connectivity index (χ1v) is 8.70. The third-order valence-electron chi connectivity index (χ3n) is 4.05. The molecule has 0 spiro atoms. The topological polar surface area (TPSA) is 86.5 Å². The quantitative estimate of drug-likeness (QED) is 0.828. The van der Waals surface area contributed by atoms with E-state index in [4.69, 9.17) is 15.2 Å². The van der Waals surface area contributed by atoms with Crippen molar-refractivity contribution < 1.29 is 14.3 Å². The number of amides is 1. The number of nitrogens with two attached hydrogens (primary N) is 1. The second kappa shape index (κ2) is 8.62. The van der Waals surface area contributed by atoms with Crippen molar-refractivity contribution in [2.75, 3.05) is 19.0 Å². The van der Waals surface area contributed by atoms with E-state index in [0.29, 0.717) is 18.1 Å². The molecule has 1 fully saturated rings. The van der Waals surface area contributed by atoms with Crippen LogP contribution in [0.25, 0.3) is 11.3 Å². The number of benzene rings is 1. The first-order chi connectivity index (χ1) is 11.6. The van der Waals surface area contributed by atoms with Crippen LogP contribution in [0.1, 0.15) is 17.7 Å². The first-order valence-electron chi connectivity index (χ1n) is 7.89. The van der Waals surface area contributed by atoms with Gasteiger partial charge in [-0.3, -0.25) is 10.1 Å². The standard InChI is InChI=1S/C17H21N3O3S.ClH/c1-10-15(11-3-5-12(22-2)6-4-11)19-17(24-10)20-16(21)14-8-7-13(9-18)23-14;/h3-6,13-14H,7-9,18H2,1-2H3,(H,19,20,21);1H/t13-,14+;/m1./s1. The molecule has 2 atom stereocenters. The smallest absolute Gasteiger partial charge is 0.255 e. The zero-order chi connectivity index (χ0) is 17.1. The van der Waals surface area contributed by atoms with E-state index in [1.165, 1.54) is 11.3 Å². The van der Waals surface area contributed by atoms with Crippen LogP contribution in [0, 0.1) is 6.92 Å². The molecule has 136 valence electrons. The van der Waals surface area contributed by atoms with Gasteiger partial charge in [0, 0.05) is 17.0 Å². The molecule has 2 aromatic rings. The van der Waals surface area contributed by atoms with E-state index in [-0.39, 0.29) is 24.4 Å². The first kappa shape index (κ1) is 19.7. The molecule has 1 saturated heterocycles. The third-order valence-corrected chi connectivity index (χ3v) is 4.94. The number of aryl methyl sites for hydroxylation is 1. The van der Waals surface area contributed by atoms with E-state index in [1.54, 1.807) is 7.11 Å². The van der Waals surface area contributed by atoms with Gasteiger partial charge in [0.25, 0.3) is 5.91 Å². The van der Waals surface area contributed by atoms with E-state index < -0.39 is 6.10 Å². The fourth-order valence-corrected chi connectivity index (χ4v) is 3.56. The molecule has 1 aromatic carbocycles. The molecule has 25 heavy (non-hydrogen) atoms. The lowest BCUT2D eigenvalue weighted by Gasteiger charge is -2.11. The highest BCUT2D eigenvalue weighted by Gasteiger charge is 2.30. The van der Waals surface area contributed by atoms with Crippen LogP contribution in [0.3, 0.4) is 0 Å². The molecule has 2 heterocycles. The lowest BCUT2D eigenvalue weighted by Crippen LogP contribution is -2.29. The number of ether oxygens (including phenoxy) is 2. The van der Waals surface area contributed by atoms with Gasteiger partial charge in [0.2, 0.25) is 0 Å². The van der Waals surface area contributed by atoms with Gasteiger partial charge in [-0.15, -0.1) is 23.7 Å². The van der Waals surface area contributed by atoms with Crippen LogP contribution in [0.4, 0.5) is 5.13 Å². The molecule has 0 unspecified atom stereocenters. The van der Waals surface area contributed by atoms with Gasteiger partial charge in [-0.05, 0) is 44.0 Å². The fraction of sp³-hybridized carbons (Fsp3) is 0.412. The van der Waals surface area contributed by atoms with Crippen LogP contribution >= 0.6 is 23.7 Å². The zero-order valence-electron chi connectivity index (χ0n) is 14.2. The molecule has 0 aliphatic carbocycles. The van der Waals surface area contributed by atoms with Crippen molar-refractivity contribution in [3.05, 3.63) is 29.1 Å². The van der Waals surface area contributed by atoms with E-state index in [2.05, 4.69) is 10.3 Å². The predicted molar refractivity (Wildman–Crippen MR) is 102 cm³/mol. The molecule has 6 nitrogen and oxygen atoms in total. The average Bonchev–Trinajstić information content (AvgIpc) is 3.21. The molecule has 0 saturated carbocycles. The molecule has 0 radical (unpaired) electrons. The number of thiazole rings is 1. The summed E-state index contributed by atoms with van der Waals surface area (Å²) in [6.45, 7) is 2.44. The number of aromatic nitrogens is 1. The number of nitrogens with zero attached hydrogens (tertiary/aromatic N) is 1. The number of carbonyl (C=O) groups excluding carboxylic acids is 1. The van der Waals surface area contributed by atoms with Crippen LogP contribution in [-0.2, 0) is 9.53 Å². The number of carbonyl (C=O) groups is 1. The molecular formula is C17H22ClN3O3S. The number of hydrogen-bond acceptors (Lipinski definition) is 6. The molecular weight excluding hydrogens is 362 g/mol. The largest absolute Gasteiger partial charge is 0.497 e. The summed E-state index contributed by atoms with van der Waals surface area (Å²) in [5, 5.41) is 3.45. The third kappa shape index (κ3) is 4.49. The molecule has 3 rings (SSSR count). The predicted octanol–water partition coefficient (Wildman–Crippen LogP) is 2.99.